The van der Waals surface area contributed by atoms with Crippen molar-refractivity contribution >= 4 is 17.7 Å². The van der Waals surface area contributed by atoms with Gasteiger partial charge >= 0.3 is 18.1 Å². The van der Waals surface area contributed by atoms with Gasteiger partial charge in [0.25, 0.3) is 0 Å². The fraction of sp³-hybridized carbons (Fsp3) is 0.480. The molecular formula is C25H28F3N3O3. The number of ether oxygens (including phenoxy) is 1. The Balaban J connectivity index is 1.32. The maximum absolute atomic E-state index is 13.3. The van der Waals surface area contributed by atoms with E-state index in [1.54, 1.807) is 12.1 Å². The van der Waals surface area contributed by atoms with Crippen LogP contribution in [0.15, 0.2) is 48.7 Å². The second kappa shape index (κ2) is 10.0. The van der Waals surface area contributed by atoms with Gasteiger partial charge in [0.2, 0.25) is 0 Å². The second-order valence-electron chi connectivity index (χ2n) is 8.93. The average Bonchev–Trinajstić information content (AvgIpc) is 3.65. The van der Waals surface area contributed by atoms with E-state index in [9.17, 15) is 22.8 Å². The topological polar surface area (TPSA) is 62.7 Å². The van der Waals surface area contributed by atoms with E-state index < -0.39 is 24.1 Å². The van der Waals surface area contributed by atoms with Crippen molar-refractivity contribution in [2.45, 2.75) is 43.8 Å². The molecular weight excluding hydrogens is 447 g/mol. The van der Waals surface area contributed by atoms with Crippen LogP contribution in [-0.4, -0.2) is 60.7 Å². The first-order valence-corrected chi connectivity index (χ1v) is 11.5. The molecule has 1 saturated carbocycles. The van der Waals surface area contributed by atoms with Crippen molar-refractivity contribution in [2.75, 3.05) is 31.6 Å². The van der Waals surface area contributed by atoms with Crippen LogP contribution in [0.25, 0.3) is 0 Å². The monoisotopic (exact) mass is 475 g/mol. The third kappa shape index (κ3) is 5.51. The van der Waals surface area contributed by atoms with Crippen LogP contribution >= 0.6 is 0 Å². The van der Waals surface area contributed by atoms with Gasteiger partial charge in [0.1, 0.15) is 5.82 Å². The third-order valence-electron chi connectivity index (χ3n) is 6.77. The van der Waals surface area contributed by atoms with Crippen molar-refractivity contribution in [1.29, 1.82) is 0 Å². The molecule has 1 aromatic carbocycles. The molecule has 6 nitrogen and oxygen atoms in total. The van der Waals surface area contributed by atoms with Crippen LogP contribution in [0, 0.1) is 5.92 Å². The number of benzene rings is 1. The van der Waals surface area contributed by atoms with Crippen molar-refractivity contribution in [1.82, 2.24) is 9.88 Å². The fourth-order valence-corrected chi connectivity index (χ4v) is 4.75. The number of hydrogen-bond acceptors (Lipinski definition) is 5. The van der Waals surface area contributed by atoms with Gasteiger partial charge in [-0.1, -0.05) is 30.3 Å². The summed E-state index contributed by atoms with van der Waals surface area (Å²) >= 11 is 0. The lowest BCUT2D eigenvalue weighted by Gasteiger charge is -2.34. The van der Waals surface area contributed by atoms with Gasteiger partial charge in [0.15, 0.2) is 0 Å². The van der Waals surface area contributed by atoms with Gasteiger partial charge in [-0.2, -0.15) is 13.2 Å². The van der Waals surface area contributed by atoms with Gasteiger partial charge in [-0.3, -0.25) is 4.79 Å². The van der Waals surface area contributed by atoms with Gasteiger partial charge in [-0.15, -0.1) is 0 Å². The molecule has 2 atom stereocenters. The molecule has 1 saturated heterocycles. The summed E-state index contributed by atoms with van der Waals surface area (Å²) < 4.78 is 44.5. The number of piperidine rings is 1. The van der Waals surface area contributed by atoms with Crippen LogP contribution in [0.1, 0.15) is 47.5 Å². The van der Waals surface area contributed by atoms with E-state index in [0.717, 1.165) is 42.2 Å². The summed E-state index contributed by atoms with van der Waals surface area (Å²) in [6, 6.07) is 12.5. The van der Waals surface area contributed by atoms with E-state index in [0.29, 0.717) is 18.4 Å². The van der Waals surface area contributed by atoms with Crippen molar-refractivity contribution < 1.29 is 27.5 Å². The molecule has 1 aromatic heterocycles. The Morgan fingerprint density at radius 3 is 2.41 bits per heavy atom. The largest absolute Gasteiger partial charge is 0.471 e. The molecule has 1 aliphatic carbocycles. The summed E-state index contributed by atoms with van der Waals surface area (Å²) in [5.74, 6) is -1.22. The molecule has 0 spiro atoms. The first kappa shape index (κ1) is 24.0. The minimum Gasteiger partial charge on any atom is -0.465 e. The number of aromatic nitrogens is 1. The van der Waals surface area contributed by atoms with Gasteiger partial charge in [0.05, 0.1) is 12.7 Å². The number of pyridine rings is 1. The van der Waals surface area contributed by atoms with Crippen LogP contribution in [0.5, 0.6) is 0 Å². The van der Waals surface area contributed by atoms with Crippen molar-refractivity contribution in [2.24, 2.45) is 5.92 Å². The molecule has 2 fully saturated rings. The summed E-state index contributed by atoms with van der Waals surface area (Å²) in [5.41, 5.74) is 1.36. The molecule has 0 unspecified atom stereocenters. The lowest BCUT2D eigenvalue weighted by atomic mass is 9.93. The summed E-state index contributed by atoms with van der Waals surface area (Å²) in [6.07, 6.45) is -0.662. The molecule has 34 heavy (non-hydrogen) atoms. The lowest BCUT2D eigenvalue weighted by molar-refractivity contribution is -0.186. The van der Waals surface area contributed by atoms with Crippen LogP contribution in [0.2, 0.25) is 0 Å². The Bertz CT molecular complexity index is 990. The number of carbonyl (C=O) groups is 2. The van der Waals surface area contributed by atoms with Crippen LogP contribution < -0.4 is 4.90 Å². The predicted molar refractivity (Wildman–Crippen MR) is 120 cm³/mol. The van der Waals surface area contributed by atoms with Gasteiger partial charge in [-0.05, 0) is 49.3 Å². The summed E-state index contributed by atoms with van der Waals surface area (Å²) in [6.45, 7) is 1.56. The van der Waals surface area contributed by atoms with Crippen molar-refractivity contribution in [3.8, 4) is 0 Å². The number of nitrogens with zero attached hydrogens (tertiary/aromatic N) is 3. The smallest absolute Gasteiger partial charge is 0.465 e. The molecule has 1 aliphatic heterocycles. The standard InChI is InChI=1S/C25H28F3N3O3/c1-34-23(32)19-7-8-22(29-16-19)30-12-9-17(10-13-30)11-14-31(24(33)25(26,27)28)21-15-20(21)18-5-3-2-4-6-18/h2-8,16-17,20-21H,9-15H2,1H3/t20-,21+/m0/s1. The number of methoxy groups -OCH3 is 1. The molecule has 0 bridgehead atoms. The summed E-state index contributed by atoms with van der Waals surface area (Å²) in [7, 11) is 1.31. The Kier molecular flexibility index (Phi) is 7.09. The molecule has 1 amide bonds. The SMILES string of the molecule is COC(=O)c1ccc(N2CCC(CCN(C(=O)C(F)(F)F)[C@@H]3C[C@H]3c3ccccc3)CC2)nc1. The lowest BCUT2D eigenvalue weighted by Crippen LogP contribution is -2.44. The highest BCUT2D eigenvalue weighted by molar-refractivity contribution is 5.89. The molecule has 0 radical (unpaired) electrons. The first-order chi connectivity index (χ1) is 16.3. The normalized spacial score (nSPS) is 20.6. The minimum absolute atomic E-state index is 0.0339. The third-order valence-corrected chi connectivity index (χ3v) is 6.77. The Morgan fingerprint density at radius 1 is 1.12 bits per heavy atom. The zero-order chi connectivity index (χ0) is 24.3. The first-order valence-electron chi connectivity index (χ1n) is 11.5. The van der Waals surface area contributed by atoms with E-state index in [-0.39, 0.29) is 18.4 Å². The predicted octanol–water partition coefficient (Wildman–Crippen LogP) is 4.42. The number of esters is 1. The Labute approximate surface area is 196 Å². The number of amides is 1. The number of alkyl halides is 3. The molecule has 2 heterocycles. The molecule has 9 heteroatoms. The Hall–Kier alpha value is -3.10. The quantitative estimate of drug-likeness (QED) is 0.555. The number of anilines is 1. The summed E-state index contributed by atoms with van der Waals surface area (Å²) in [4.78, 5) is 31.2. The molecule has 2 aliphatic rings. The number of rotatable bonds is 7. The van der Waals surface area contributed by atoms with E-state index >= 15 is 0 Å². The van der Waals surface area contributed by atoms with Crippen LogP contribution in [0.4, 0.5) is 19.0 Å². The zero-order valence-corrected chi connectivity index (χ0v) is 19.0. The highest BCUT2D eigenvalue weighted by atomic mass is 19.4. The number of carbonyl (C=O) groups excluding carboxylic acids is 2. The van der Waals surface area contributed by atoms with Gasteiger partial charge in [-0.25, -0.2) is 9.78 Å². The molecule has 2 aromatic rings. The molecule has 4 rings (SSSR count). The average molecular weight is 476 g/mol. The summed E-state index contributed by atoms with van der Waals surface area (Å²) in [5, 5.41) is 0. The second-order valence-corrected chi connectivity index (χ2v) is 8.93. The Morgan fingerprint density at radius 2 is 1.82 bits per heavy atom. The number of halogens is 3. The number of hydrogen-bond donors (Lipinski definition) is 0. The maximum atomic E-state index is 13.3. The van der Waals surface area contributed by atoms with E-state index in [1.165, 1.54) is 13.3 Å². The van der Waals surface area contributed by atoms with Crippen LogP contribution in [0.3, 0.4) is 0 Å². The van der Waals surface area contributed by atoms with Gasteiger partial charge in [0, 0.05) is 37.8 Å². The minimum atomic E-state index is -4.87. The zero-order valence-electron chi connectivity index (χ0n) is 19.0. The van der Waals surface area contributed by atoms with E-state index in [4.69, 9.17) is 0 Å². The van der Waals surface area contributed by atoms with E-state index in [2.05, 4.69) is 14.6 Å². The fourth-order valence-electron chi connectivity index (χ4n) is 4.75. The van der Waals surface area contributed by atoms with Crippen LogP contribution in [-0.2, 0) is 9.53 Å². The van der Waals surface area contributed by atoms with Crippen molar-refractivity contribution in [3.05, 3.63) is 59.8 Å². The van der Waals surface area contributed by atoms with Crippen molar-refractivity contribution in [3.63, 3.8) is 0 Å². The van der Waals surface area contributed by atoms with E-state index in [1.807, 2.05) is 30.3 Å². The van der Waals surface area contributed by atoms with Gasteiger partial charge < -0.3 is 14.5 Å². The molecule has 182 valence electrons. The molecule has 0 N–H and O–H groups in total. The highest BCUT2D eigenvalue weighted by Gasteiger charge is 2.51. The maximum Gasteiger partial charge on any atom is 0.471 e. The highest BCUT2D eigenvalue weighted by Crippen LogP contribution is 2.46.